The van der Waals surface area contributed by atoms with Gasteiger partial charge in [-0.25, -0.2) is 4.39 Å². The lowest BCUT2D eigenvalue weighted by Gasteiger charge is -2.24. The molecule has 0 aliphatic heterocycles. The SMILES string of the molecule is CCNc1c(F)cccc1C(=O)NCC1(C)CCCC1. The third-order valence-electron chi connectivity index (χ3n) is 4.10. The van der Waals surface area contributed by atoms with Crippen LogP contribution >= 0.6 is 0 Å². The first kappa shape index (κ1) is 14.8. The maximum Gasteiger partial charge on any atom is 0.253 e. The second kappa shape index (κ2) is 6.25. The Morgan fingerprint density at radius 3 is 2.70 bits per heavy atom. The van der Waals surface area contributed by atoms with E-state index in [2.05, 4.69) is 17.6 Å². The summed E-state index contributed by atoms with van der Waals surface area (Å²) in [6, 6.07) is 4.60. The minimum Gasteiger partial charge on any atom is -0.382 e. The fraction of sp³-hybridized carbons (Fsp3) is 0.562. The summed E-state index contributed by atoms with van der Waals surface area (Å²) in [5.41, 5.74) is 0.874. The molecule has 20 heavy (non-hydrogen) atoms. The van der Waals surface area contributed by atoms with Crippen LogP contribution in [0.2, 0.25) is 0 Å². The number of amides is 1. The van der Waals surface area contributed by atoms with Gasteiger partial charge in [-0.1, -0.05) is 25.8 Å². The largest absolute Gasteiger partial charge is 0.382 e. The summed E-state index contributed by atoms with van der Waals surface area (Å²) in [7, 11) is 0. The van der Waals surface area contributed by atoms with Crippen molar-refractivity contribution < 1.29 is 9.18 Å². The number of benzene rings is 1. The van der Waals surface area contributed by atoms with Crippen molar-refractivity contribution in [3.05, 3.63) is 29.6 Å². The minimum absolute atomic E-state index is 0.196. The van der Waals surface area contributed by atoms with Gasteiger partial charge >= 0.3 is 0 Å². The molecule has 2 N–H and O–H groups in total. The van der Waals surface area contributed by atoms with Gasteiger partial charge in [-0.2, -0.15) is 0 Å². The van der Waals surface area contributed by atoms with Crippen molar-refractivity contribution in [1.29, 1.82) is 0 Å². The Hall–Kier alpha value is -1.58. The van der Waals surface area contributed by atoms with E-state index in [9.17, 15) is 9.18 Å². The van der Waals surface area contributed by atoms with E-state index >= 15 is 0 Å². The molecule has 2 rings (SSSR count). The minimum atomic E-state index is -0.383. The summed E-state index contributed by atoms with van der Waals surface area (Å²) in [5.74, 6) is -0.583. The Morgan fingerprint density at radius 1 is 1.35 bits per heavy atom. The first-order valence-corrected chi connectivity index (χ1v) is 7.36. The summed E-state index contributed by atoms with van der Waals surface area (Å²) < 4.78 is 13.8. The van der Waals surface area contributed by atoms with E-state index in [1.165, 1.54) is 18.9 Å². The maximum atomic E-state index is 13.8. The van der Waals surface area contributed by atoms with E-state index in [1.807, 2.05) is 6.92 Å². The van der Waals surface area contributed by atoms with Crippen molar-refractivity contribution in [3.8, 4) is 0 Å². The number of carbonyl (C=O) groups is 1. The molecule has 0 saturated heterocycles. The highest BCUT2D eigenvalue weighted by atomic mass is 19.1. The van der Waals surface area contributed by atoms with Crippen LogP contribution in [0.1, 0.15) is 49.9 Å². The number of anilines is 1. The van der Waals surface area contributed by atoms with E-state index in [0.717, 1.165) is 12.8 Å². The topological polar surface area (TPSA) is 41.1 Å². The summed E-state index contributed by atoms with van der Waals surface area (Å²) in [4.78, 5) is 12.3. The van der Waals surface area contributed by atoms with Crippen molar-refractivity contribution >= 4 is 11.6 Å². The van der Waals surface area contributed by atoms with E-state index in [4.69, 9.17) is 0 Å². The van der Waals surface area contributed by atoms with Gasteiger partial charge in [0.25, 0.3) is 5.91 Å². The standard InChI is InChI=1S/C16H23FN2O/c1-3-18-14-12(7-6-8-13(14)17)15(20)19-11-16(2)9-4-5-10-16/h6-8,18H,3-5,9-11H2,1-2H3,(H,19,20). The van der Waals surface area contributed by atoms with E-state index in [-0.39, 0.29) is 17.1 Å². The molecule has 110 valence electrons. The predicted molar refractivity (Wildman–Crippen MR) is 79.5 cm³/mol. The van der Waals surface area contributed by atoms with Gasteiger partial charge < -0.3 is 10.6 Å². The molecule has 0 radical (unpaired) electrons. The molecule has 0 spiro atoms. The normalized spacial score (nSPS) is 16.9. The number of carbonyl (C=O) groups excluding carboxylic acids is 1. The van der Waals surface area contributed by atoms with Crippen LogP contribution in [0.5, 0.6) is 0 Å². The molecule has 4 heteroatoms. The average Bonchev–Trinajstić information content (AvgIpc) is 2.86. The number of halogens is 1. The van der Waals surface area contributed by atoms with Gasteiger partial charge in [-0.15, -0.1) is 0 Å². The molecule has 0 heterocycles. The van der Waals surface area contributed by atoms with Gasteiger partial charge in [0.2, 0.25) is 0 Å². The maximum absolute atomic E-state index is 13.8. The Labute approximate surface area is 120 Å². The number of hydrogen-bond donors (Lipinski definition) is 2. The third kappa shape index (κ3) is 3.30. The van der Waals surface area contributed by atoms with E-state index in [0.29, 0.717) is 24.3 Å². The molecule has 1 aromatic carbocycles. The second-order valence-electron chi connectivity index (χ2n) is 5.89. The van der Waals surface area contributed by atoms with E-state index < -0.39 is 0 Å². The van der Waals surface area contributed by atoms with Gasteiger partial charge in [0.1, 0.15) is 5.82 Å². The molecule has 1 saturated carbocycles. The molecule has 0 unspecified atom stereocenters. The number of rotatable bonds is 5. The van der Waals surface area contributed by atoms with Crippen molar-refractivity contribution in [3.63, 3.8) is 0 Å². The third-order valence-corrected chi connectivity index (χ3v) is 4.10. The zero-order valence-electron chi connectivity index (χ0n) is 12.3. The zero-order valence-corrected chi connectivity index (χ0v) is 12.3. The molecular formula is C16H23FN2O. The van der Waals surface area contributed by atoms with Crippen molar-refractivity contribution in [2.24, 2.45) is 5.41 Å². The molecule has 0 aromatic heterocycles. The van der Waals surface area contributed by atoms with Gasteiger partial charge in [0, 0.05) is 13.1 Å². The fourth-order valence-corrected chi connectivity index (χ4v) is 2.86. The van der Waals surface area contributed by atoms with Crippen LogP contribution in [0.4, 0.5) is 10.1 Å². The number of nitrogens with one attached hydrogen (secondary N) is 2. The Kier molecular flexibility index (Phi) is 4.63. The van der Waals surface area contributed by atoms with Crippen LogP contribution in [0.3, 0.4) is 0 Å². The van der Waals surface area contributed by atoms with Gasteiger partial charge in [-0.3, -0.25) is 4.79 Å². The van der Waals surface area contributed by atoms with E-state index in [1.54, 1.807) is 12.1 Å². The smallest absolute Gasteiger partial charge is 0.253 e. The number of para-hydroxylation sites is 1. The highest BCUT2D eigenvalue weighted by molar-refractivity contribution is 5.99. The zero-order chi connectivity index (χ0) is 14.6. The molecule has 0 atom stereocenters. The van der Waals surface area contributed by atoms with Gasteiger partial charge in [-0.05, 0) is 37.3 Å². The lowest BCUT2D eigenvalue weighted by atomic mass is 9.89. The highest BCUT2D eigenvalue weighted by Gasteiger charge is 2.29. The molecular weight excluding hydrogens is 255 g/mol. The Balaban J connectivity index is 2.07. The Bertz CT molecular complexity index is 481. The van der Waals surface area contributed by atoms with Gasteiger partial charge in [0.05, 0.1) is 11.3 Å². The molecule has 1 aliphatic carbocycles. The number of hydrogen-bond acceptors (Lipinski definition) is 2. The summed E-state index contributed by atoms with van der Waals surface area (Å²) >= 11 is 0. The van der Waals surface area contributed by atoms with Crippen LogP contribution in [-0.4, -0.2) is 19.0 Å². The molecule has 1 fully saturated rings. The molecule has 0 bridgehead atoms. The quantitative estimate of drug-likeness (QED) is 0.864. The first-order valence-electron chi connectivity index (χ1n) is 7.36. The first-order chi connectivity index (χ1) is 9.56. The van der Waals surface area contributed by atoms with Crippen molar-refractivity contribution in [2.45, 2.75) is 39.5 Å². The lowest BCUT2D eigenvalue weighted by Crippen LogP contribution is -2.34. The molecule has 1 amide bonds. The monoisotopic (exact) mass is 278 g/mol. The lowest BCUT2D eigenvalue weighted by molar-refractivity contribution is 0.0934. The van der Waals surface area contributed by atoms with Crippen LogP contribution in [0.25, 0.3) is 0 Å². The van der Waals surface area contributed by atoms with Crippen LogP contribution in [0, 0.1) is 11.2 Å². The van der Waals surface area contributed by atoms with Crippen LogP contribution in [0.15, 0.2) is 18.2 Å². The predicted octanol–water partition coefficient (Wildman–Crippen LogP) is 3.57. The van der Waals surface area contributed by atoms with Crippen LogP contribution in [-0.2, 0) is 0 Å². The fourth-order valence-electron chi connectivity index (χ4n) is 2.86. The molecule has 1 aliphatic rings. The van der Waals surface area contributed by atoms with Gasteiger partial charge in [0.15, 0.2) is 0 Å². The molecule has 1 aromatic rings. The average molecular weight is 278 g/mol. The van der Waals surface area contributed by atoms with Crippen LogP contribution < -0.4 is 10.6 Å². The van der Waals surface area contributed by atoms with Crippen molar-refractivity contribution in [2.75, 3.05) is 18.4 Å². The van der Waals surface area contributed by atoms with Crippen molar-refractivity contribution in [1.82, 2.24) is 5.32 Å². The summed E-state index contributed by atoms with van der Waals surface area (Å²) in [5, 5.41) is 5.89. The highest BCUT2D eigenvalue weighted by Crippen LogP contribution is 2.36. The molecule has 3 nitrogen and oxygen atoms in total. The second-order valence-corrected chi connectivity index (χ2v) is 5.89. The summed E-state index contributed by atoms with van der Waals surface area (Å²) in [6.07, 6.45) is 4.76. The summed E-state index contributed by atoms with van der Waals surface area (Å²) in [6.45, 7) is 5.33. The Morgan fingerprint density at radius 2 is 2.05 bits per heavy atom.